The first-order valence-corrected chi connectivity index (χ1v) is 8.50. The second-order valence-electron chi connectivity index (χ2n) is 4.17. The normalized spacial score (nSPS) is 11.1. The van der Waals surface area contributed by atoms with E-state index in [-0.39, 0.29) is 18.2 Å². The number of anilines is 2. The van der Waals surface area contributed by atoms with Gasteiger partial charge in [-0.15, -0.1) is 0 Å². The highest BCUT2D eigenvalue weighted by Gasteiger charge is 2.13. The van der Waals surface area contributed by atoms with E-state index in [0.717, 1.165) is 0 Å². The number of hydrogen-bond donors (Lipinski definition) is 2. The molecule has 8 heteroatoms. The number of rotatable bonds is 6. The van der Waals surface area contributed by atoms with Crippen molar-refractivity contribution in [1.29, 1.82) is 0 Å². The molecular weight excluding hydrogens is 358 g/mol. The van der Waals surface area contributed by atoms with Crippen LogP contribution in [0.4, 0.5) is 11.5 Å². The van der Waals surface area contributed by atoms with Crippen LogP contribution >= 0.6 is 15.9 Å². The number of hydrogen-bond acceptors (Lipinski definition) is 5. The Morgan fingerprint density at radius 1 is 1.24 bits per heavy atom. The second-order valence-corrected chi connectivity index (χ2v) is 6.87. The van der Waals surface area contributed by atoms with Crippen LogP contribution in [0.5, 0.6) is 5.75 Å². The van der Waals surface area contributed by atoms with Gasteiger partial charge in [-0.2, -0.15) is 0 Å². The number of halogens is 1. The Kier molecular flexibility index (Phi) is 5.03. The molecule has 2 aromatic rings. The van der Waals surface area contributed by atoms with Crippen molar-refractivity contribution in [2.75, 3.05) is 22.8 Å². The van der Waals surface area contributed by atoms with E-state index >= 15 is 0 Å². The van der Waals surface area contributed by atoms with Crippen molar-refractivity contribution in [2.24, 2.45) is 0 Å². The lowest BCUT2D eigenvalue weighted by Crippen LogP contribution is -2.22. The molecule has 0 atom stereocenters. The highest BCUT2D eigenvalue weighted by molar-refractivity contribution is 9.10. The van der Waals surface area contributed by atoms with Crippen LogP contribution in [-0.4, -0.2) is 25.8 Å². The summed E-state index contributed by atoms with van der Waals surface area (Å²) < 4.78 is 32.2. The van der Waals surface area contributed by atoms with Gasteiger partial charge in [0.05, 0.1) is 4.47 Å². The maximum atomic E-state index is 11.9. The Morgan fingerprint density at radius 2 is 1.95 bits per heavy atom. The first-order chi connectivity index (χ1) is 9.96. The van der Waals surface area contributed by atoms with Crippen molar-refractivity contribution >= 4 is 37.5 Å². The summed E-state index contributed by atoms with van der Waals surface area (Å²) in [6, 6.07) is 10.2. The summed E-state index contributed by atoms with van der Waals surface area (Å²) in [7, 11) is -3.53. The molecule has 0 aliphatic heterocycles. The van der Waals surface area contributed by atoms with Crippen molar-refractivity contribution in [3.05, 3.63) is 47.1 Å². The van der Waals surface area contributed by atoms with Crippen LogP contribution < -0.4 is 15.2 Å². The van der Waals surface area contributed by atoms with E-state index in [0.29, 0.717) is 15.9 Å². The largest absolute Gasteiger partial charge is 0.492 e. The molecule has 3 N–H and O–H groups in total. The van der Waals surface area contributed by atoms with Gasteiger partial charge in [-0.3, -0.25) is 4.72 Å². The lowest BCUT2D eigenvalue weighted by Gasteiger charge is -2.09. The van der Waals surface area contributed by atoms with Gasteiger partial charge >= 0.3 is 0 Å². The summed E-state index contributed by atoms with van der Waals surface area (Å²) in [6.45, 7) is 0.0315. The van der Waals surface area contributed by atoms with Crippen LogP contribution in [0.1, 0.15) is 0 Å². The highest BCUT2D eigenvalue weighted by atomic mass is 79.9. The van der Waals surface area contributed by atoms with Gasteiger partial charge < -0.3 is 10.5 Å². The van der Waals surface area contributed by atoms with Gasteiger partial charge in [0.15, 0.2) is 5.82 Å². The molecule has 1 aromatic heterocycles. The first kappa shape index (κ1) is 15.6. The predicted molar refractivity (Wildman–Crippen MR) is 85.7 cm³/mol. The number of pyridine rings is 1. The van der Waals surface area contributed by atoms with E-state index in [1.807, 2.05) is 0 Å². The van der Waals surface area contributed by atoms with Gasteiger partial charge in [0.1, 0.15) is 18.1 Å². The maximum absolute atomic E-state index is 11.9. The molecule has 0 spiro atoms. The topological polar surface area (TPSA) is 94.3 Å². The van der Waals surface area contributed by atoms with Crippen LogP contribution in [0.2, 0.25) is 0 Å². The zero-order valence-corrected chi connectivity index (χ0v) is 13.4. The number of nitrogen functional groups attached to an aromatic ring is 1. The molecule has 112 valence electrons. The first-order valence-electron chi connectivity index (χ1n) is 6.06. The molecule has 0 saturated carbocycles. The minimum atomic E-state index is -3.53. The molecule has 6 nitrogen and oxygen atoms in total. The average molecular weight is 372 g/mol. The lowest BCUT2D eigenvalue weighted by molar-refractivity contribution is 0.341. The van der Waals surface area contributed by atoms with Crippen molar-refractivity contribution in [3.8, 4) is 5.75 Å². The summed E-state index contributed by atoms with van der Waals surface area (Å²) in [6.07, 6.45) is 1.51. The molecule has 21 heavy (non-hydrogen) atoms. The Bertz CT molecular complexity index is 705. The summed E-state index contributed by atoms with van der Waals surface area (Å²) in [5.74, 6) is 0.642. The number of benzene rings is 1. The number of nitrogens with two attached hydrogens (primary N) is 1. The molecule has 0 amide bonds. The summed E-state index contributed by atoms with van der Waals surface area (Å²) >= 11 is 3.23. The molecule has 0 unspecified atom stereocenters. The standard InChI is InChI=1S/C13H14BrN3O3S/c14-12-2-1-7-16-13(12)17-21(18,19)9-8-20-11-5-3-10(15)4-6-11/h1-7H,8-9,15H2,(H,16,17). The van der Waals surface area contributed by atoms with Gasteiger partial charge in [-0.25, -0.2) is 13.4 Å². The number of ether oxygens (including phenoxy) is 1. The smallest absolute Gasteiger partial charge is 0.237 e. The summed E-state index contributed by atoms with van der Waals surface area (Å²) in [5.41, 5.74) is 6.17. The fraction of sp³-hybridized carbons (Fsp3) is 0.154. The van der Waals surface area contributed by atoms with Crippen LogP contribution in [0.15, 0.2) is 47.1 Å². The highest BCUT2D eigenvalue weighted by Crippen LogP contribution is 2.19. The Balaban J connectivity index is 1.90. The molecule has 0 radical (unpaired) electrons. The third-order valence-electron chi connectivity index (χ3n) is 2.51. The molecule has 0 aliphatic carbocycles. The fourth-order valence-electron chi connectivity index (χ4n) is 1.49. The van der Waals surface area contributed by atoms with Gasteiger partial charge in [0.2, 0.25) is 10.0 Å². The van der Waals surface area contributed by atoms with E-state index in [1.54, 1.807) is 36.4 Å². The van der Waals surface area contributed by atoms with Gasteiger partial charge in [-0.05, 0) is 52.3 Å². The van der Waals surface area contributed by atoms with Gasteiger partial charge in [0.25, 0.3) is 0 Å². The van der Waals surface area contributed by atoms with Gasteiger partial charge in [-0.1, -0.05) is 0 Å². The predicted octanol–water partition coefficient (Wildman–Crippen LogP) is 2.25. The molecule has 1 heterocycles. The summed E-state index contributed by atoms with van der Waals surface area (Å²) in [5, 5.41) is 0. The maximum Gasteiger partial charge on any atom is 0.237 e. The zero-order valence-electron chi connectivity index (χ0n) is 11.0. The Labute approximate surface area is 131 Å². The van der Waals surface area contributed by atoms with E-state index in [4.69, 9.17) is 10.5 Å². The van der Waals surface area contributed by atoms with Gasteiger partial charge in [0, 0.05) is 11.9 Å². The van der Waals surface area contributed by atoms with Crippen molar-refractivity contribution in [2.45, 2.75) is 0 Å². The molecule has 0 saturated heterocycles. The zero-order chi connectivity index (χ0) is 15.3. The van der Waals surface area contributed by atoms with E-state index in [1.165, 1.54) is 6.20 Å². The van der Waals surface area contributed by atoms with Crippen molar-refractivity contribution in [1.82, 2.24) is 4.98 Å². The van der Waals surface area contributed by atoms with Crippen molar-refractivity contribution < 1.29 is 13.2 Å². The second kappa shape index (κ2) is 6.77. The SMILES string of the molecule is Nc1ccc(OCCS(=O)(=O)Nc2ncccc2Br)cc1. The number of nitrogens with zero attached hydrogens (tertiary/aromatic N) is 1. The molecule has 0 aliphatic rings. The third kappa shape index (κ3) is 4.91. The monoisotopic (exact) mass is 371 g/mol. The minimum Gasteiger partial charge on any atom is -0.492 e. The minimum absolute atomic E-state index is 0.0315. The third-order valence-corrected chi connectivity index (χ3v) is 4.36. The fourth-order valence-corrected chi connectivity index (χ4v) is 2.84. The number of sulfonamides is 1. The Hall–Kier alpha value is -1.80. The average Bonchev–Trinajstić information content (AvgIpc) is 2.43. The molecular formula is C13H14BrN3O3S. The van der Waals surface area contributed by atoms with E-state index < -0.39 is 10.0 Å². The Morgan fingerprint density at radius 3 is 2.62 bits per heavy atom. The van der Waals surface area contributed by atoms with Crippen LogP contribution in [0, 0.1) is 0 Å². The molecule has 2 rings (SSSR count). The lowest BCUT2D eigenvalue weighted by atomic mass is 10.3. The summed E-state index contributed by atoms with van der Waals surface area (Å²) in [4.78, 5) is 3.95. The number of aromatic nitrogens is 1. The van der Waals surface area contributed by atoms with Crippen molar-refractivity contribution in [3.63, 3.8) is 0 Å². The van der Waals surface area contributed by atoms with Crippen LogP contribution in [0.3, 0.4) is 0 Å². The quantitative estimate of drug-likeness (QED) is 0.759. The molecule has 1 aromatic carbocycles. The van der Waals surface area contributed by atoms with Crippen LogP contribution in [0.25, 0.3) is 0 Å². The van der Waals surface area contributed by atoms with E-state index in [2.05, 4.69) is 25.6 Å². The molecule has 0 bridgehead atoms. The number of nitrogens with one attached hydrogen (secondary N) is 1. The molecule has 0 fully saturated rings. The van der Waals surface area contributed by atoms with Crippen LogP contribution in [-0.2, 0) is 10.0 Å². The van der Waals surface area contributed by atoms with E-state index in [9.17, 15) is 8.42 Å².